The molecule has 1 atom stereocenters. The average Bonchev–Trinajstić information content (AvgIpc) is 2.82. The topological polar surface area (TPSA) is 67.4 Å². The van der Waals surface area contributed by atoms with Crippen molar-refractivity contribution in [3.05, 3.63) is 24.3 Å². The molecule has 0 amide bonds. The lowest BCUT2D eigenvalue weighted by atomic mass is 10.0. The van der Waals surface area contributed by atoms with Crippen LogP contribution in [0.5, 0.6) is 5.75 Å². The Morgan fingerprint density at radius 2 is 2.05 bits per heavy atom. The number of hydrogen-bond donors (Lipinski definition) is 2. The second kappa shape index (κ2) is 6.11. The first-order valence-electron chi connectivity index (χ1n) is 6.93. The molecule has 0 aliphatic carbocycles. The lowest BCUT2D eigenvalue weighted by molar-refractivity contribution is 0.317. The minimum absolute atomic E-state index is 0.273. The second-order valence-corrected chi connectivity index (χ2v) is 7.10. The summed E-state index contributed by atoms with van der Waals surface area (Å²) in [6, 6.07) is 6.55. The Bertz CT molecular complexity index is 534. The Morgan fingerprint density at radius 3 is 2.60 bits per heavy atom. The monoisotopic (exact) mass is 298 g/mol. The van der Waals surface area contributed by atoms with Crippen molar-refractivity contribution in [1.82, 2.24) is 10.0 Å². The van der Waals surface area contributed by atoms with E-state index in [1.165, 1.54) is 0 Å². The molecule has 1 unspecified atom stereocenters. The molecule has 1 aromatic rings. The zero-order valence-corrected chi connectivity index (χ0v) is 12.8. The molecule has 0 spiro atoms. The van der Waals surface area contributed by atoms with Gasteiger partial charge in [-0.05, 0) is 50.6 Å². The molecule has 0 radical (unpaired) electrons. The van der Waals surface area contributed by atoms with Crippen LogP contribution in [0.15, 0.2) is 29.2 Å². The van der Waals surface area contributed by atoms with Gasteiger partial charge >= 0.3 is 0 Å². The van der Waals surface area contributed by atoms with E-state index in [0.717, 1.165) is 19.4 Å². The van der Waals surface area contributed by atoms with Crippen LogP contribution >= 0.6 is 0 Å². The van der Waals surface area contributed by atoms with Crippen LogP contribution < -0.4 is 14.8 Å². The lowest BCUT2D eigenvalue weighted by Crippen LogP contribution is -2.47. The van der Waals surface area contributed by atoms with Gasteiger partial charge in [0.05, 0.1) is 11.5 Å². The van der Waals surface area contributed by atoms with Crippen molar-refractivity contribution in [2.24, 2.45) is 0 Å². The van der Waals surface area contributed by atoms with Crippen molar-refractivity contribution in [3.8, 4) is 5.75 Å². The van der Waals surface area contributed by atoms with E-state index in [0.29, 0.717) is 18.9 Å². The van der Waals surface area contributed by atoms with Crippen molar-refractivity contribution in [2.45, 2.75) is 37.1 Å². The molecule has 0 aromatic heterocycles. The van der Waals surface area contributed by atoms with E-state index in [2.05, 4.69) is 10.0 Å². The van der Waals surface area contributed by atoms with Gasteiger partial charge in [-0.1, -0.05) is 6.92 Å². The summed E-state index contributed by atoms with van der Waals surface area (Å²) < 4.78 is 32.9. The van der Waals surface area contributed by atoms with E-state index in [-0.39, 0.29) is 4.90 Å². The van der Waals surface area contributed by atoms with E-state index < -0.39 is 15.6 Å². The Kier molecular flexibility index (Phi) is 4.67. The first-order valence-corrected chi connectivity index (χ1v) is 8.41. The Hall–Kier alpha value is -1.11. The van der Waals surface area contributed by atoms with Crippen molar-refractivity contribution in [2.75, 3.05) is 19.7 Å². The molecular weight excluding hydrogens is 276 g/mol. The quantitative estimate of drug-likeness (QED) is 0.835. The predicted molar refractivity (Wildman–Crippen MR) is 78.4 cm³/mol. The number of rotatable bonds is 6. The van der Waals surface area contributed by atoms with Crippen LogP contribution in [0.25, 0.3) is 0 Å². The SMILES string of the molecule is CCCOc1ccc(S(=O)(=O)NC2(C)CCNC2)cc1. The van der Waals surface area contributed by atoms with E-state index in [9.17, 15) is 8.42 Å². The first kappa shape index (κ1) is 15.3. The van der Waals surface area contributed by atoms with Gasteiger partial charge in [0.25, 0.3) is 0 Å². The molecule has 6 heteroatoms. The third-order valence-electron chi connectivity index (χ3n) is 3.36. The van der Waals surface area contributed by atoms with Crippen molar-refractivity contribution in [1.29, 1.82) is 0 Å². The molecule has 1 aliphatic heterocycles. The summed E-state index contributed by atoms with van der Waals surface area (Å²) in [5.41, 5.74) is -0.407. The van der Waals surface area contributed by atoms with Gasteiger partial charge in [0.15, 0.2) is 0 Å². The summed E-state index contributed by atoms with van der Waals surface area (Å²) >= 11 is 0. The Balaban J connectivity index is 2.09. The molecule has 2 N–H and O–H groups in total. The van der Waals surface area contributed by atoms with E-state index >= 15 is 0 Å². The van der Waals surface area contributed by atoms with E-state index in [4.69, 9.17) is 4.74 Å². The van der Waals surface area contributed by atoms with Crippen LogP contribution in [0.2, 0.25) is 0 Å². The molecule has 20 heavy (non-hydrogen) atoms. The molecule has 1 fully saturated rings. The lowest BCUT2D eigenvalue weighted by Gasteiger charge is -2.24. The van der Waals surface area contributed by atoms with Gasteiger partial charge in [-0.25, -0.2) is 13.1 Å². The molecular formula is C14H22N2O3S. The number of sulfonamides is 1. The molecule has 1 aromatic carbocycles. The normalized spacial score (nSPS) is 22.9. The highest BCUT2D eigenvalue weighted by molar-refractivity contribution is 7.89. The van der Waals surface area contributed by atoms with Crippen LogP contribution in [-0.4, -0.2) is 33.7 Å². The minimum atomic E-state index is -3.48. The van der Waals surface area contributed by atoms with Crippen LogP contribution in [0.4, 0.5) is 0 Å². The highest BCUT2D eigenvalue weighted by Gasteiger charge is 2.33. The van der Waals surface area contributed by atoms with Gasteiger partial charge in [0.2, 0.25) is 10.0 Å². The van der Waals surface area contributed by atoms with Crippen molar-refractivity contribution >= 4 is 10.0 Å². The number of benzene rings is 1. The number of hydrogen-bond acceptors (Lipinski definition) is 4. The highest BCUT2D eigenvalue weighted by atomic mass is 32.2. The molecule has 1 aliphatic rings. The summed E-state index contributed by atoms with van der Waals surface area (Å²) in [6.07, 6.45) is 1.72. The Morgan fingerprint density at radius 1 is 1.35 bits per heavy atom. The maximum Gasteiger partial charge on any atom is 0.241 e. The first-order chi connectivity index (χ1) is 9.45. The Labute approximate surface area is 120 Å². The van der Waals surface area contributed by atoms with Gasteiger partial charge in [0, 0.05) is 12.1 Å². The smallest absolute Gasteiger partial charge is 0.241 e. The molecule has 5 nitrogen and oxygen atoms in total. The fourth-order valence-electron chi connectivity index (χ4n) is 2.22. The average molecular weight is 298 g/mol. The highest BCUT2D eigenvalue weighted by Crippen LogP contribution is 2.20. The predicted octanol–water partition coefficient (Wildman–Crippen LogP) is 1.51. The zero-order valence-electron chi connectivity index (χ0n) is 12.0. The van der Waals surface area contributed by atoms with Gasteiger partial charge in [-0.15, -0.1) is 0 Å². The maximum absolute atomic E-state index is 12.3. The maximum atomic E-state index is 12.3. The third-order valence-corrected chi connectivity index (χ3v) is 5.01. The zero-order chi connectivity index (χ0) is 14.6. The van der Waals surface area contributed by atoms with E-state index in [1.807, 2.05) is 13.8 Å². The number of ether oxygens (including phenoxy) is 1. The van der Waals surface area contributed by atoms with Crippen LogP contribution in [0.1, 0.15) is 26.7 Å². The molecule has 2 rings (SSSR count). The summed E-state index contributed by atoms with van der Waals surface area (Å²) in [5, 5.41) is 3.17. The molecule has 1 saturated heterocycles. The largest absolute Gasteiger partial charge is 0.494 e. The van der Waals surface area contributed by atoms with Crippen LogP contribution in [-0.2, 0) is 10.0 Å². The minimum Gasteiger partial charge on any atom is -0.494 e. The van der Waals surface area contributed by atoms with Crippen molar-refractivity contribution < 1.29 is 13.2 Å². The van der Waals surface area contributed by atoms with E-state index in [1.54, 1.807) is 24.3 Å². The third kappa shape index (κ3) is 3.71. The summed E-state index contributed by atoms with van der Waals surface area (Å²) in [7, 11) is -3.48. The standard InChI is InChI=1S/C14H22N2O3S/c1-3-10-19-12-4-6-13(7-5-12)20(17,18)16-14(2)8-9-15-11-14/h4-7,15-16H,3,8-11H2,1-2H3. The molecule has 112 valence electrons. The van der Waals surface area contributed by atoms with Gasteiger partial charge in [-0.3, -0.25) is 0 Å². The summed E-state index contributed by atoms with van der Waals surface area (Å²) in [6.45, 7) is 6.07. The van der Waals surface area contributed by atoms with Gasteiger partial charge in [-0.2, -0.15) is 0 Å². The number of nitrogens with one attached hydrogen (secondary N) is 2. The fraction of sp³-hybridized carbons (Fsp3) is 0.571. The van der Waals surface area contributed by atoms with Gasteiger partial charge in [0.1, 0.15) is 5.75 Å². The van der Waals surface area contributed by atoms with Crippen LogP contribution in [0, 0.1) is 0 Å². The summed E-state index contributed by atoms with van der Waals surface area (Å²) in [4.78, 5) is 0.273. The molecule has 1 heterocycles. The van der Waals surface area contributed by atoms with Crippen molar-refractivity contribution in [3.63, 3.8) is 0 Å². The molecule has 0 saturated carbocycles. The summed E-state index contributed by atoms with van der Waals surface area (Å²) in [5.74, 6) is 0.694. The molecule has 0 bridgehead atoms. The van der Waals surface area contributed by atoms with Gasteiger partial charge < -0.3 is 10.1 Å². The second-order valence-electron chi connectivity index (χ2n) is 5.41. The van der Waals surface area contributed by atoms with Crippen LogP contribution in [0.3, 0.4) is 0 Å². The fourth-order valence-corrected chi connectivity index (χ4v) is 3.66.